The first-order valence-electron chi connectivity index (χ1n) is 8.54. The normalized spacial score (nSPS) is 25.8. The summed E-state index contributed by atoms with van der Waals surface area (Å²) in [5.41, 5.74) is -0.493. The summed E-state index contributed by atoms with van der Waals surface area (Å²) in [6.07, 6.45) is 0.526. The van der Waals surface area contributed by atoms with Gasteiger partial charge in [0, 0.05) is 19.8 Å². The van der Waals surface area contributed by atoms with Gasteiger partial charge in [0.1, 0.15) is 5.60 Å². The third-order valence-electron chi connectivity index (χ3n) is 3.96. The van der Waals surface area contributed by atoms with Crippen molar-refractivity contribution < 1.29 is 19.0 Å². The zero-order chi connectivity index (χ0) is 17.6. The number of carbonyl (C=O) groups is 1. The fourth-order valence-electron chi connectivity index (χ4n) is 2.68. The van der Waals surface area contributed by atoms with Gasteiger partial charge >= 0.3 is 6.09 Å². The minimum absolute atomic E-state index is 0.0134. The SMILES string of the molecule is CCOC1CC(NC(=O)OC(C)(C)C)C1NC(COC)C(C)C. The topological polar surface area (TPSA) is 68.8 Å². The molecule has 0 aliphatic heterocycles. The number of nitrogens with one attached hydrogen (secondary N) is 2. The van der Waals surface area contributed by atoms with Crippen molar-refractivity contribution in [2.45, 2.75) is 77.8 Å². The van der Waals surface area contributed by atoms with Crippen LogP contribution in [0.2, 0.25) is 0 Å². The van der Waals surface area contributed by atoms with Crippen LogP contribution >= 0.6 is 0 Å². The number of carbonyl (C=O) groups excluding carboxylic acids is 1. The molecule has 4 atom stereocenters. The summed E-state index contributed by atoms with van der Waals surface area (Å²) in [6.45, 7) is 13.2. The Hall–Kier alpha value is -0.850. The lowest BCUT2D eigenvalue weighted by molar-refractivity contribution is -0.0512. The molecular formula is C17H34N2O4. The van der Waals surface area contributed by atoms with E-state index >= 15 is 0 Å². The Morgan fingerprint density at radius 3 is 2.43 bits per heavy atom. The zero-order valence-corrected chi connectivity index (χ0v) is 15.6. The van der Waals surface area contributed by atoms with Gasteiger partial charge in [-0.2, -0.15) is 0 Å². The van der Waals surface area contributed by atoms with Crippen LogP contribution < -0.4 is 10.6 Å². The van der Waals surface area contributed by atoms with Crippen molar-refractivity contribution in [3.8, 4) is 0 Å². The maximum atomic E-state index is 12.0. The highest BCUT2D eigenvalue weighted by Gasteiger charge is 2.44. The van der Waals surface area contributed by atoms with E-state index in [1.165, 1.54) is 0 Å². The summed E-state index contributed by atoms with van der Waals surface area (Å²) < 4.78 is 16.4. The minimum atomic E-state index is -0.493. The summed E-state index contributed by atoms with van der Waals surface area (Å²) in [7, 11) is 1.70. The third kappa shape index (κ3) is 6.65. The first-order chi connectivity index (χ1) is 10.7. The van der Waals surface area contributed by atoms with Gasteiger partial charge < -0.3 is 24.8 Å². The second-order valence-electron chi connectivity index (χ2n) is 7.48. The number of ether oxygens (including phenoxy) is 3. The Morgan fingerprint density at radius 2 is 1.96 bits per heavy atom. The van der Waals surface area contributed by atoms with Crippen LogP contribution in [-0.2, 0) is 14.2 Å². The zero-order valence-electron chi connectivity index (χ0n) is 15.6. The molecule has 23 heavy (non-hydrogen) atoms. The Labute approximate surface area is 140 Å². The molecule has 0 bridgehead atoms. The Balaban J connectivity index is 2.63. The molecule has 4 unspecified atom stereocenters. The van der Waals surface area contributed by atoms with Crippen LogP contribution in [0.5, 0.6) is 0 Å². The molecule has 0 aromatic carbocycles. The molecule has 1 saturated carbocycles. The number of amides is 1. The van der Waals surface area contributed by atoms with E-state index in [-0.39, 0.29) is 30.3 Å². The Morgan fingerprint density at radius 1 is 1.30 bits per heavy atom. The first-order valence-corrected chi connectivity index (χ1v) is 8.54. The van der Waals surface area contributed by atoms with Gasteiger partial charge in [-0.15, -0.1) is 0 Å². The highest BCUT2D eigenvalue weighted by Crippen LogP contribution is 2.26. The van der Waals surface area contributed by atoms with Crippen molar-refractivity contribution >= 4 is 6.09 Å². The summed E-state index contributed by atoms with van der Waals surface area (Å²) >= 11 is 0. The van der Waals surface area contributed by atoms with Crippen molar-refractivity contribution in [2.24, 2.45) is 5.92 Å². The van der Waals surface area contributed by atoms with E-state index in [1.807, 2.05) is 27.7 Å². The van der Waals surface area contributed by atoms with Crippen LogP contribution in [0.3, 0.4) is 0 Å². The molecule has 136 valence electrons. The number of hydrogen-bond donors (Lipinski definition) is 2. The van der Waals surface area contributed by atoms with E-state index in [2.05, 4.69) is 24.5 Å². The summed E-state index contributed by atoms with van der Waals surface area (Å²) in [6, 6.07) is 0.306. The van der Waals surface area contributed by atoms with E-state index in [0.717, 1.165) is 6.42 Å². The fourth-order valence-corrected chi connectivity index (χ4v) is 2.68. The maximum Gasteiger partial charge on any atom is 0.407 e. The van der Waals surface area contributed by atoms with Gasteiger partial charge in [0.2, 0.25) is 0 Å². The van der Waals surface area contributed by atoms with Crippen LogP contribution in [0.4, 0.5) is 4.79 Å². The van der Waals surface area contributed by atoms with Gasteiger partial charge in [-0.05, 0) is 40.0 Å². The second kappa shape index (κ2) is 8.85. The fraction of sp³-hybridized carbons (Fsp3) is 0.941. The van der Waals surface area contributed by atoms with E-state index in [0.29, 0.717) is 19.1 Å². The summed E-state index contributed by atoms with van der Waals surface area (Å²) in [5, 5.41) is 6.54. The van der Waals surface area contributed by atoms with Crippen LogP contribution in [0.25, 0.3) is 0 Å². The Bertz CT molecular complexity index is 368. The summed E-state index contributed by atoms with van der Waals surface area (Å²) in [5.74, 6) is 0.431. The number of methoxy groups -OCH3 is 1. The smallest absolute Gasteiger partial charge is 0.407 e. The van der Waals surface area contributed by atoms with Gasteiger partial charge in [-0.1, -0.05) is 13.8 Å². The van der Waals surface area contributed by atoms with Crippen molar-refractivity contribution in [2.75, 3.05) is 20.3 Å². The highest BCUT2D eigenvalue weighted by atomic mass is 16.6. The molecule has 0 heterocycles. The lowest BCUT2D eigenvalue weighted by Crippen LogP contribution is -2.68. The molecule has 0 radical (unpaired) electrons. The molecule has 6 nitrogen and oxygen atoms in total. The lowest BCUT2D eigenvalue weighted by Gasteiger charge is -2.46. The third-order valence-corrected chi connectivity index (χ3v) is 3.96. The average Bonchev–Trinajstić information content (AvgIpc) is 2.39. The minimum Gasteiger partial charge on any atom is -0.444 e. The average molecular weight is 330 g/mol. The van der Waals surface area contributed by atoms with Crippen molar-refractivity contribution in [3.63, 3.8) is 0 Å². The monoisotopic (exact) mass is 330 g/mol. The standard InChI is InChI=1S/C17H34N2O4/c1-8-22-14-9-12(19-16(20)23-17(4,5)6)15(14)18-13(10-21-7)11(2)3/h11-15,18H,8-10H2,1-7H3,(H,19,20). The Kier molecular flexibility index (Phi) is 7.77. The molecule has 0 saturated heterocycles. The van der Waals surface area contributed by atoms with Gasteiger partial charge in [-0.3, -0.25) is 0 Å². The van der Waals surface area contributed by atoms with Crippen LogP contribution in [-0.4, -0.2) is 56.2 Å². The molecule has 0 spiro atoms. The lowest BCUT2D eigenvalue weighted by atomic mass is 9.81. The molecule has 1 amide bonds. The van der Waals surface area contributed by atoms with Crippen molar-refractivity contribution in [3.05, 3.63) is 0 Å². The van der Waals surface area contributed by atoms with Gasteiger partial charge in [0.05, 0.1) is 24.8 Å². The molecule has 1 aliphatic carbocycles. The van der Waals surface area contributed by atoms with Gasteiger partial charge in [0.25, 0.3) is 0 Å². The van der Waals surface area contributed by atoms with Gasteiger partial charge in [0.15, 0.2) is 0 Å². The molecule has 0 aromatic rings. The molecule has 1 rings (SSSR count). The number of alkyl carbamates (subject to hydrolysis) is 1. The largest absolute Gasteiger partial charge is 0.444 e. The number of rotatable bonds is 8. The van der Waals surface area contributed by atoms with Crippen LogP contribution in [0, 0.1) is 5.92 Å². The van der Waals surface area contributed by atoms with E-state index in [4.69, 9.17) is 14.2 Å². The first kappa shape index (κ1) is 20.2. The van der Waals surface area contributed by atoms with Crippen LogP contribution in [0.1, 0.15) is 48.0 Å². The molecular weight excluding hydrogens is 296 g/mol. The molecule has 0 aromatic heterocycles. The van der Waals surface area contributed by atoms with E-state index in [1.54, 1.807) is 7.11 Å². The van der Waals surface area contributed by atoms with Crippen LogP contribution in [0.15, 0.2) is 0 Å². The molecule has 1 fully saturated rings. The highest BCUT2D eigenvalue weighted by molar-refractivity contribution is 5.68. The maximum absolute atomic E-state index is 12.0. The predicted molar refractivity (Wildman–Crippen MR) is 90.6 cm³/mol. The van der Waals surface area contributed by atoms with Crippen molar-refractivity contribution in [1.29, 1.82) is 0 Å². The van der Waals surface area contributed by atoms with Crippen molar-refractivity contribution in [1.82, 2.24) is 10.6 Å². The van der Waals surface area contributed by atoms with E-state index < -0.39 is 5.60 Å². The molecule has 6 heteroatoms. The quantitative estimate of drug-likeness (QED) is 0.715. The molecule has 2 N–H and O–H groups in total. The van der Waals surface area contributed by atoms with E-state index in [9.17, 15) is 4.79 Å². The second-order valence-corrected chi connectivity index (χ2v) is 7.48. The number of hydrogen-bond acceptors (Lipinski definition) is 5. The molecule has 1 aliphatic rings. The van der Waals surface area contributed by atoms with Gasteiger partial charge in [-0.25, -0.2) is 4.79 Å². The summed E-state index contributed by atoms with van der Waals surface area (Å²) in [4.78, 5) is 12.0. The predicted octanol–water partition coefficient (Wildman–Crippen LogP) is 2.32.